The van der Waals surface area contributed by atoms with Crippen LogP contribution in [0.5, 0.6) is 0 Å². The van der Waals surface area contributed by atoms with E-state index in [9.17, 15) is 4.79 Å². The van der Waals surface area contributed by atoms with Crippen LogP contribution in [0.25, 0.3) is 0 Å². The van der Waals surface area contributed by atoms with Crippen LogP contribution < -0.4 is 0 Å². The van der Waals surface area contributed by atoms with Crippen LogP contribution >= 0.6 is 11.3 Å². The number of hydrogen-bond donors (Lipinski definition) is 1. The lowest BCUT2D eigenvalue weighted by Crippen LogP contribution is -2.00. The molecule has 0 atom stereocenters. The summed E-state index contributed by atoms with van der Waals surface area (Å²) in [6, 6.07) is 3.48. The van der Waals surface area contributed by atoms with Crippen molar-refractivity contribution in [3.63, 3.8) is 0 Å². The van der Waals surface area contributed by atoms with Gasteiger partial charge in [0.25, 0.3) is 0 Å². The number of hydrogen-bond acceptors (Lipinski definition) is 3. The second-order valence-corrected chi connectivity index (χ2v) is 2.51. The molecule has 0 bridgehead atoms. The lowest BCUT2D eigenvalue weighted by atomic mass is 10.3. The van der Waals surface area contributed by atoms with E-state index in [1.54, 1.807) is 12.1 Å². The predicted molar refractivity (Wildman–Crippen MR) is 35.7 cm³/mol. The van der Waals surface area contributed by atoms with Gasteiger partial charge in [-0.15, -0.1) is 11.3 Å². The number of carbonyl (C=O) groups is 1. The van der Waals surface area contributed by atoms with Gasteiger partial charge < -0.3 is 5.11 Å². The summed E-state index contributed by atoms with van der Waals surface area (Å²) >= 11 is 1.35. The molecule has 0 radical (unpaired) electrons. The molecule has 0 aliphatic rings. The van der Waals surface area contributed by atoms with Crippen LogP contribution in [0.1, 0.15) is 9.67 Å². The summed E-state index contributed by atoms with van der Waals surface area (Å²) in [7, 11) is 0. The Balaban J connectivity index is 2.77. The van der Waals surface area contributed by atoms with Crippen molar-refractivity contribution in [2.75, 3.05) is 6.61 Å². The summed E-state index contributed by atoms with van der Waals surface area (Å²) < 4.78 is 0. The highest BCUT2D eigenvalue weighted by Crippen LogP contribution is 2.07. The molecule has 9 heavy (non-hydrogen) atoms. The van der Waals surface area contributed by atoms with E-state index in [0.29, 0.717) is 4.88 Å². The van der Waals surface area contributed by atoms with Crippen LogP contribution in [0.2, 0.25) is 0 Å². The Morgan fingerprint density at radius 2 is 2.56 bits per heavy atom. The monoisotopic (exact) mass is 142 g/mol. The summed E-state index contributed by atoms with van der Waals surface area (Å²) in [4.78, 5) is 11.3. The molecule has 1 aromatic rings. The zero-order chi connectivity index (χ0) is 6.69. The quantitative estimate of drug-likeness (QED) is 0.623. The SMILES string of the molecule is O=C(CO)c1cccs1. The van der Waals surface area contributed by atoms with Crippen LogP contribution in [0.4, 0.5) is 0 Å². The van der Waals surface area contributed by atoms with E-state index in [1.165, 1.54) is 11.3 Å². The predicted octanol–water partition coefficient (Wildman–Crippen LogP) is 0.923. The van der Waals surface area contributed by atoms with E-state index in [-0.39, 0.29) is 12.4 Å². The van der Waals surface area contributed by atoms with Gasteiger partial charge in [-0.25, -0.2) is 0 Å². The summed E-state index contributed by atoms with van der Waals surface area (Å²) in [6.07, 6.45) is 0. The Hall–Kier alpha value is -0.670. The van der Waals surface area contributed by atoms with Gasteiger partial charge in [0.2, 0.25) is 0 Å². The molecule has 0 unspecified atom stereocenters. The Kier molecular flexibility index (Phi) is 1.97. The van der Waals surface area contributed by atoms with Crippen molar-refractivity contribution >= 4 is 17.1 Å². The van der Waals surface area contributed by atoms with E-state index in [4.69, 9.17) is 5.11 Å². The molecule has 0 aliphatic heterocycles. The molecule has 0 aliphatic carbocycles. The second-order valence-electron chi connectivity index (χ2n) is 1.56. The van der Waals surface area contributed by atoms with Crippen molar-refractivity contribution < 1.29 is 9.90 Å². The van der Waals surface area contributed by atoms with E-state index >= 15 is 0 Å². The average Bonchev–Trinajstić information content (AvgIpc) is 2.37. The van der Waals surface area contributed by atoms with Gasteiger partial charge >= 0.3 is 0 Å². The van der Waals surface area contributed by atoms with Gasteiger partial charge in [0.15, 0.2) is 5.78 Å². The number of thiophene rings is 1. The maximum Gasteiger partial charge on any atom is 0.198 e. The zero-order valence-corrected chi connectivity index (χ0v) is 5.52. The molecule has 1 aromatic heterocycles. The van der Waals surface area contributed by atoms with Crippen LogP contribution in [0, 0.1) is 0 Å². The first-order chi connectivity index (χ1) is 4.34. The zero-order valence-electron chi connectivity index (χ0n) is 4.70. The lowest BCUT2D eigenvalue weighted by Gasteiger charge is -1.86. The molecule has 0 amide bonds. The van der Waals surface area contributed by atoms with Gasteiger partial charge in [-0.1, -0.05) is 6.07 Å². The minimum atomic E-state index is -0.388. The minimum absolute atomic E-state index is 0.204. The molecule has 3 heteroatoms. The molecule has 0 saturated carbocycles. The number of aliphatic hydroxyl groups excluding tert-OH is 1. The Morgan fingerprint density at radius 1 is 1.78 bits per heavy atom. The van der Waals surface area contributed by atoms with Gasteiger partial charge in [-0.3, -0.25) is 4.79 Å². The molecule has 1 N–H and O–H groups in total. The first-order valence-corrected chi connectivity index (χ1v) is 3.40. The third kappa shape index (κ3) is 1.37. The van der Waals surface area contributed by atoms with Crippen LogP contribution in [-0.2, 0) is 0 Å². The smallest absolute Gasteiger partial charge is 0.198 e. The topological polar surface area (TPSA) is 37.3 Å². The van der Waals surface area contributed by atoms with Crippen molar-refractivity contribution in [2.24, 2.45) is 0 Å². The Labute approximate surface area is 56.8 Å². The fourth-order valence-corrected chi connectivity index (χ4v) is 1.17. The summed E-state index contributed by atoms with van der Waals surface area (Å²) in [5.41, 5.74) is 0. The summed E-state index contributed by atoms with van der Waals surface area (Å²) in [5, 5.41) is 10.2. The molecule has 0 saturated heterocycles. The van der Waals surface area contributed by atoms with Crippen molar-refractivity contribution in [3.8, 4) is 0 Å². The van der Waals surface area contributed by atoms with Crippen molar-refractivity contribution in [2.45, 2.75) is 0 Å². The highest BCUT2D eigenvalue weighted by Gasteiger charge is 2.02. The normalized spacial score (nSPS) is 9.44. The standard InChI is InChI=1S/C6H6O2S/c7-4-5(8)6-2-1-3-9-6/h1-3,7H,4H2. The first kappa shape index (κ1) is 6.45. The summed E-state index contributed by atoms with van der Waals surface area (Å²) in [6.45, 7) is -0.388. The molecule has 48 valence electrons. The fourth-order valence-electron chi connectivity index (χ4n) is 0.515. The van der Waals surface area contributed by atoms with Crippen molar-refractivity contribution in [3.05, 3.63) is 22.4 Å². The number of carbonyl (C=O) groups excluding carboxylic acids is 1. The van der Waals surface area contributed by atoms with Gasteiger partial charge in [0, 0.05) is 0 Å². The van der Waals surface area contributed by atoms with Crippen LogP contribution in [0.3, 0.4) is 0 Å². The largest absolute Gasteiger partial charge is 0.388 e. The highest BCUT2D eigenvalue weighted by atomic mass is 32.1. The third-order valence-corrected chi connectivity index (χ3v) is 1.85. The molecule has 0 spiro atoms. The first-order valence-electron chi connectivity index (χ1n) is 2.52. The molecule has 1 heterocycles. The molecular formula is C6H6O2S. The molecule has 0 fully saturated rings. The van der Waals surface area contributed by atoms with Crippen molar-refractivity contribution in [1.82, 2.24) is 0 Å². The molecular weight excluding hydrogens is 136 g/mol. The molecule has 1 rings (SSSR count). The average molecular weight is 142 g/mol. The van der Waals surface area contributed by atoms with E-state index < -0.39 is 0 Å². The summed E-state index contributed by atoms with van der Waals surface area (Å²) in [5.74, 6) is -0.204. The van der Waals surface area contributed by atoms with Crippen LogP contribution in [0.15, 0.2) is 17.5 Å². The highest BCUT2D eigenvalue weighted by molar-refractivity contribution is 7.12. The maximum absolute atomic E-state index is 10.6. The number of ketones is 1. The van der Waals surface area contributed by atoms with Gasteiger partial charge in [0.05, 0.1) is 4.88 Å². The maximum atomic E-state index is 10.6. The Morgan fingerprint density at radius 3 is 3.00 bits per heavy atom. The van der Waals surface area contributed by atoms with Gasteiger partial charge in [-0.05, 0) is 11.4 Å². The van der Waals surface area contributed by atoms with E-state index in [2.05, 4.69) is 0 Å². The number of rotatable bonds is 2. The van der Waals surface area contributed by atoms with E-state index in [1.807, 2.05) is 5.38 Å². The molecule has 2 nitrogen and oxygen atoms in total. The van der Waals surface area contributed by atoms with Crippen LogP contribution in [-0.4, -0.2) is 17.5 Å². The Bertz CT molecular complexity index is 191. The van der Waals surface area contributed by atoms with Crippen molar-refractivity contribution in [1.29, 1.82) is 0 Å². The minimum Gasteiger partial charge on any atom is -0.388 e. The van der Waals surface area contributed by atoms with E-state index in [0.717, 1.165) is 0 Å². The fraction of sp³-hybridized carbons (Fsp3) is 0.167. The van der Waals surface area contributed by atoms with Gasteiger partial charge in [-0.2, -0.15) is 0 Å². The second kappa shape index (κ2) is 2.75. The van der Waals surface area contributed by atoms with Gasteiger partial charge in [0.1, 0.15) is 6.61 Å². The lowest BCUT2D eigenvalue weighted by molar-refractivity contribution is 0.0908. The third-order valence-electron chi connectivity index (χ3n) is 0.940. The number of aliphatic hydroxyl groups is 1. The molecule has 0 aromatic carbocycles. The number of Topliss-reactive ketones (excluding diaryl/α,β-unsaturated/α-hetero) is 1.